The fraction of sp³-hybridized carbons (Fsp3) is 0.0333. The first-order valence-corrected chi connectivity index (χ1v) is 10.4. The lowest BCUT2D eigenvalue weighted by Crippen LogP contribution is -1.97. The van der Waals surface area contributed by atoms with E-state index >= 15 is 0 Å². The lowest BCUT2D eigenvalue weighted by molar-refractivity contribution is -0.132. The average Bonchev–Trinajstić information content (AvgIpc) is 2.85. The minimum atomic E-state index is -0.935. The molecular weight excluding hydrogens is 392 g/mol. The molecule has 0 saturated heterocycles. The Bertz CT molecular complexity index is 997. The zero-order chi connectivity index (χ0) is 22.8. The number of carbonyl (C=O) groups is 1. The molecular formula is C30H26O2. The van der Waals surface area contributed by atoms with Crippen molar-refractivity contribution < 1.29 is 9.90 Å². The van der Waals surface area contributed by atoms with Gasteiger partial charge in [0, 0.05) is 5.57 Å². The van der Waals surface area contributed by atoms with Crippen molar-refractivity contribution in [3.05, 3.63) is 156 Å². The Kier molecular flexibility index (Phi) is 7.94. The summed E-state index contributed by atoms with van der Waals surface area (Å²) in [6.45, 7) is 4.60. The van der Waals surface area contributed by atoms with Crippen LogP contribution in [0.5, 0.6) is 0 Å². The molecule has 4 aromatic carbocycles. The van der Waals surface area contributed by atoms with Gasteiger partial charge in [0.15, 0.2) is 0 Å². The van der Waals surface area contributed by atoms with Crippen molar-refractivity contribution in [3.63, 3.8) is 0 Å². The summed E-state index contributed by atoms with van der Waals surface area (Å²) in [5, 5.41) is 7.89. The Morgan fingerprint density at radius 3 is 0.875 bits per heavy atom. The van der Waals surface area contributed by atoms with Crippen LogP contribution in [0.25, 0.3) is 11.1 Å². The smallest absolute Gasteiger partial charge is 0.330 e. The quantitative estimate of drug-likeness (QED) is 0.272. The van der Waals surface area contributed by atoms with Crippen LogP contribution in [0.1, 0.15) is 29.2 Å². The summed E-state index contributed by atoms with van der Waals surface area (Å²) in [7, 11) is 0. The van der Waals surface area contributed by atoms with E-state index in [-0.39, 0.29) is 5.57 Å². The molecule has 158 valence electrons. The summed E-state index contributed by atoms with van der Waals surface area (Å²) in [6, 6.07) is 42.6. The molecule has 32 heavy (non-hydrogen) atoms. The molecule has 0 aliphatic heterocycles. The van der Waals surface area contributed by atoms with Gasteiger partial charge in [0.2, 0.25) is 0 Å². The van der Waals surface area contributed by atoms with Crippen molar-refractivity contribution in [2.75, 3.05) is 0 Å². The molecule has 2 nitrogen and oxygen atoms in total. The SMILES string of the molecule is C=C(C)C(=O)O.c1ccc(C(=C(c2ccccc2)c2ccccc2)c2ccccc2)cc1. The van der Waals surface area contributed by atoms with Crippen molar-refractivity contribution in [2.45, 2.75) is 6.92 Å². The van der Waals surface area contributed by atoms with Gasteiger partial charge < -0.3 is 5.11 Å². The van der Waals surface area contributed by atoms with E-state index in [4.69, 9.17) is 5.11 Å². The van der Waals surface area contributed by atoms with Gasteiger partial charge in [0.1, 0.15) is 0 Å². The Morgan fingerprint density at radius 2 is 0.719 bits per heavy atom. The molecule has 0 amide bonds. The van der Waals surface area contributed by atoms with Crippen LogP contribution < -0.4 is 0 Å². The first-order chi connectivity index (χ1) is 15.6. The van der Waals surface area contributed by atoms with Crippen LogP contribution in [0.2, 0.25) is 0 Å². The molecule has 4 aromatic rings. The van der Waals surface area contributed by atoms with E-state index in [1.807, 2.05) is 0 Å². The summed E-state index contributed by atoms with van der Waals surface area (Å²) < 4.78 is 0. The Balaban J connectivity index is 0.000000427. The van der Waals surface area contributed by atoms with Gasteiger partial charge in [-0.2, -0.15) is 0 Å². The molecule has 0 fully saturated rings. The third kappa shape index (κ3) is 5.93. The van der Waals surface area contributed by atoms with Crippen LogP contribution in [0.4, 0.5) is 0 Å². The van der Waals surface area contributed by atoms with Crippen molar-refractivity contribution >= 4 is 17.1 Å². The zero-order valence-electron chi connectivity index (χ0n) is 18.1. The van der Waals surface area contributed by atoms with Crippen LogP contribution in [0.3, 0.4) is 0 Å². The van der Waals surface area contributed by atoms with Crippen LogP contribution in [0.15, 0.2) is 133 Å². The average molecular weight is 419 g/mol. The second-order valence-corrected chi connectivity index (χ2v) is 7.30. The molecule has 0 aromatic heterocycles. The van der Waals surface area contributed by atoms with E-state index in [2.05, 4.69) is 128 Å². The highest BCUT2D eigenvalue weighted by molar-refractivity contribution is 6.04. The molecule has 0 atom stereocenters. The maximum absolute atomic E-state index is 9.60. The number of carboxylic acids is 1. The fourth-order valence-corrected chi connectivity index (χ4v) is 3.33. The number of rotatable bonds is 5. The van der Waals surface area contributed by atoms with Crippen LogP contribution in [-0.2, 0) is 4.79 Å². The normalized spacial score (nSPS) is 9.78. The maximum Gasteiger partial charge on any atom is 0.330 e. The van der Waals surface area contributed by atoms with E-state index in [0.717, 1.165) is 0 Å². The third-order valence-electron chi connectivity index (χ3n) is 4.86. The van der Waals surface area contributed by atoms with Gasteiger partial charge >= 0.3 is 5.97 Å². The lowest BCUT2D eigenvalue weighted by Gasteiger charge is -2.18. The van der Waals surface area contributed by atoms with Gasteiger partial charge in [-0.3, -0.25) is 0 Å². The van der Waals surface area contributed by atoms with Crippen LogP contribution in [-0.4, -0.2) is 11.1 Å². The number of carboxylic acid groups (broad SMARTS) is 1. The Labute approximate surface area is 189 Å². The second kappa shape index (κ2) is 11.3. The number of hydrogen-bond acceptors (Lipinski definition) is 1. The first kappa shape index (κ1) is 22.5. The van der Waals surface area contributed by atoms with E-state index < -0.39 is 5.97 Å². The summed E-state index contributed by atoms with van der Waals surface area (Å²) in [5.41, 5.74) is 7.58. The molecule has 0 unspecified atom stereocenters. The van der Waals surface area contributed by atoms with Crippen LogP contribution in [0, 0.1) is 0 Å². The van der Waals surface area contributed by atoms with Gasteiger partial charge in [-0.05, 0) is 40.3 Å². The fourth-order valence-electron chi connectivity index (χ4n) is 3.33. The lowest BCUT2D eigenvalue weighted by atomic mass is 9.86. The largest absolute Gasteiger partial charge is 0.478 e. The molecule has 0 heterocycles. The predicted molar refractivity (Wildman–Crippen MR) is 133 cm³/mol. The summed E-state index contributed by atoms with van der Waals surface area (Å²) in [6.07, 6.45) is 0. The maximum atomic E-state index is 9.60. The van der Waals surface area contributed by atoms with Crippen molar-refractivity contribution in [3.8, 4) is 0 Å². The minimum Gasteiger partial charge on any atom is -0.478 e. The van der Waals surface area contributed by atoms with Crippen molar-refractivity contribution in [1.82, 2.24) is 0 Å². The highest BCUT2D eigenvalue weighted by Gasteiger charge is 2.15. The van der Waals surface area contributed by atoms with Gasteiger partial charge in [0.25, 0.3) is 0 Å². The van der Waals surface area contributed by atoms with E-state index in [1.165, 1.54) is 40.3 Å². The van der Waals surface area contributed by atoms with E-state index in [9.17, 15) is 4.79 Å². The standard InChI is InChI=1S/C26H20.C4H6O2/c1-5-13-21(14-6-1)25(22-15-7-2-8-16-22)26(23-17-9-3-10-18-23)24-19-11-4-12-20-24;1-3(2)4(5)6/h1-20H;1H2,2H3,(H,5,6). The third-order valence-corrected chi connectivity index (χ3v) is 4.86. The Morgan fingerprint density at radius 1 is 0.531 bits per heavy atom. The van der Waals surface area contributed by atoms with Gasteiger partial charge in [-0.15, -0.1) is 0 Å². The van der Waals surface area contributed by atoms with Gasteiger partial charge in [-0.25, -0.2) is 4.79 Å². The predicted octanol–water partition coefficient (Wildman–Crippen LogP) is 7.34. The first-order valence-electron chi connectivity index (χ1n) is 10.4. The number of benzene rings is 4. The topological polar surface area (TPSA) is 37.3 Å². The minimum absolute atomic E-state index is 0.176. The molecule has 0 aliphatic carbocycles. The molecule has 0 spiro atoms. The Hall–Kier alpha value is -4.17. The molecule has 0 saturated carbocycles. The highest BCUT2D eigenvalue weighted by Crippen LogP contribution is 2.36. The van der Waals surface area contributed by atoms with Crippen LogP contribution >= 0.6 is 0 Å². The molecule has 0 radical (unpaired) electrons. The van der Waals surface area contributed by atoms with E-state index in [1.54, 1.807) is 0 Å². The van der Waals surface area contributed by atoms with Crippen molar-refractivity contribution in [2.24, 2.45) is 0 Å². The number of hydrogen-bond donors (Lipinski definition) is 1. The van der Waals surface area contributed by atoms with Gasteiger partial charge in [0.05, 0.1) is 0 Å². The van der Waals surface area contributed by atoms with E-state index in [0.29, 0.717) is 0 Å². The second-order valence-electron chi connectivity index (χ2n) is 7.30. The van der Waals surface area contributed by atoms with Crippen molar-refractivity contribution in [1.29, 1.82) is 0 Å². The highest BCUT2D eigenvalue weighted by atomic mass is 16.4. The summed E-state index contributed by atoms with van der Waals surface area (Å²) in [5.74, 6) is -0.935. The zero-order valence-corrected chi connectivity index (χ0v) is 18.1. The number of aliphatic carboxylic acids is 1. The molecule has 0 bridgehead atoms. The molecule has 0 aliphatic rings. The summed E-state index contributed by atoms with van der Waals surface area (Å²) >= 11 is 0. The molecule has 4 rings (SSSR count). The summed E-state index contributed by atoms with van der Waals surface area (Å²) in [4.78, 5) is 9.60. The monoisotopic (exact) mass is 418 g/mol. The van der Waals surface area contributed by atoms with Gasteiger partial charge in [-0.1, -0.05) is 128 Å². The molecule has 1 N–H and O–H groups in total. The molecule has 2 heteroatoms.